The smallest absolute Gasteiger partial charge is 0.222 e. The van der Waals surface area contributed by atoms with Crippen LogP contribution in [-0.4, -0.2) is 46.9 Å². The van der Waals surface area contributed by atoms with E-state index in [-0.39, 0.29) is 0 Å². The predicted molar refractivity (Wildman–Crippen MR) is 106 cm³/mol. The molecule has 0 spiro atoms. The van der Waals surface area contributed by atoms with Gasteiger partial charge in [-0.05, 0) is 48.8 Å². The normalized spacial score (nSPS) is 20.1. The van der Waals surface area contributed by atoms with Gasteiger partial charge >= 0.3 is 0 Å². The van der Waals surface area contributed by atoms with Gasteiger partial charge in [0, 0.05) is 55.6 Å². The van der Waals surface area contributed by atoms with Crippen molar-refractivity contribution in [3.05, 3.63) is 47.3 Å². The lowest BCUT2D eigenvalue weighted by Crippen LogP contribution is -2.30. The second kappa shape index (κ2) is 8.37. The van der Waals surface area contributed by atoms with Crippen molar-refractivity contribution in [3.63, 3.8) is 0 Å². The molecule has 4 rings (SSSR count). The molecule has 2 aliphatic heterocycles. The van der Waals surface area contributed by atoms with Crippen LogP contribution in [-0.2, 0) is 24.2 Å². The average Bonchev–Trinajstić information content (AvgIpc) is 3.21. The van der Waals surface area contributed by atoms with Gasteiger partial charge in [0.15, 0.2) is 0 Å². The first-order valence-corrected chi connectivity index (χ1v) is 10.6. The molecule has 138 valence electrons. The highest BCUT2D eigenvalue weighted by molar-refractivity contribution is 7.98. The number of hydrogen-bond donors (Lipinski definition) is 1. The number of rotatable bonds is 6. The van der Waals surface area contributed by atoms with E-state index < -0.39 is 0 Å². The zero-order chi connectivity index (χ0) is 17.8. The molecule has 2 aromatic rings. The van der Waals surface area contributed by atoms with E-state index in [2.05, 4.69) is 44.6 Å². The van der Waals surface area contributed by atoms with Gasteiger partial charge in [0.05, 0.1) is 6.10 Å². The molecule has 1 saturated heterocycles. The molecular formula is C20H26N4OS. The molecule has 1 N–H and O–H groups in total. The van der Waals surface area contributed by atoms with Crippen LogP contribution in [0.2, 0.25) is 0 Å². The summed E-state index contributed by atoms with van der Waals surface area (Å²) in [5, 5.41) is 3.28. The van der Waals surface area contributed by atoms with E-state index >= 15 is 0 Å². The molecule has 0 radical (unpaired) electrons. The summed E-state index contributed by atoms with van der Waals surface area (Å²) >= 11 is 1.81. The van der Waals surface area contributed by atoms with E-state index in [4.69, 9.17) is 4.74 Å². The van der Waals surface area contributed by atoms with Crippen LogP contribution in [0.15, 0.2) is 35.5 Å². The molecule has 5 nitrogen and oxygen atoms in total. The molecule has 2 aliphatic rings. The van der Waals surface area contributed by atoms with Gasteiger partial charge in [0.2, 0.25) is 5.95 Å². The maximum atomic E-state index is 5.62. The third kappa shape index (κ3) is 4.37. The minimum atomic E-state index is 0.304. The van der Waals surface area contributed by atoms with E-state index in [0.29, 0.717) is 12.1 Å². The highest BCUT2D eigenvalue weighted by atomic mass is 32.2. The van der Waals surface area contributed by atoms with Crippen LogP contribution in [0.5, 0.6) is 0 Å². The van der Waals surface area contributed by atoms with Gasteiger partial charge in [-0.1, -0.05) is 6.07 Å². The van der Waals surface area contributed by atoms with E-state index in [0.717, 1.165) is 57.6 Å². The lowest BCUT2D eigenvalue weighted by molar-refractivity contribution is 0.120. The van der Waals surface area contributed by atoms with Gasteiger partial charge in [-0.3, -0.25) is 4.90 Å². The molecular weight excluding hydrogens is 344 g/mol. The van der Waals surface area contributed by atoms with Crippen molar-refractivity contribution in [3.8, 4) is 0 Å². The summed E-state index contributed by atoms with van der Waals surface area (Å²) in [7, 11) is 0. The van der Waals surface area contributed by atoms with Gasteiger partial charge in [-0.25, -0.2) is 9.97 Å². The fourth-order valence-corrected chi connectivity index (χ4v) is 4.11. The highest BCUT2D eigenvalue weighted by Gasteiger charge is 2.17. The summed E-state index contributed by atoms with van der Waals surface area (Å²) in [5.41, 5.74) is 4.11. The Bertz CT molecular complexity index is 731. The first kappa shape index (κ1) is 17.8. The van der Waals surface area contributed by atoms with Crippen molar-refractivity contribution in [1.82, 2.24) is 14.9 Å². The van der Waals surface area contributed by atoms with E-state index in [1.54, 1.807) is 0 Å². The Morgan fingerprint density at radius 1 is 1.27 bits per heavy atom. The number of benzene rings is 1. The van der Waals surface area contributed by atoms with Crippen molar-refractivity contribution in [2.24, 2.45) is 0 Å². The molecule has 1 aromatic heterocycles. The van der Waals surface area contributed by atoms with Gasteiger partial charge < -0.3 is 10.1 Å². The predicted octanol–water partition coefficient (Wildman–Crippen LogP) is 3.35. The van der Waals surface area contributed by atoms with E-state index in [1.165, 1.54) is 16.0 Å². The molecule has 0 bridgehead atoms. The van der Waals surface area contributed by atoms with Gasteiger partial charge in [0.25, 0.3) is 0 Å². The maximum Gasteiger partial charge on any atom is 0.222 e. The molecule has 0 saturated carbocycles. The Hall–Kier alpha value is -1.63. The molecule has 1 aromatic carbocycles. The third-order valence-electron chi connectivity index (χ3n) is 5.13. The summed E-state index contributed by atoms with van der Waals surface area (Å²) in [5.74, 6) is 0.692. The summed E-state index contributed by atoms with van der Waals surface area (Å²) in [6.45, 7) is 4.66. The number of fused-ring (bicyclic) bond motifs is 1. The molecule has 26 heavy (non-hydrogen) atoms. The van der Waals surface area contributed by atoms with Crippen LogP contribution in [0.4, 0.5) is 5.95 Å². The van der Waals surface area contributed by atoms with Gasteiger partial charge in [-0.15, -0.1) is 11.8 Å². The van der Waals surface area contributed by atoms with Gasteiger partial charge in [0.1, 0.15) is 0 Å². The molecule has 6 heteroatoms. The first-order valence-electron chi connectivity index (χ1n) is 9.35. The topological polar surface area (TPSA) is 50.3 Å². The summed E-state index contributed by atoms with van der Waals surface area (Å²) in [4.78, 5) is 12.8. The molecule has 0 aliphatic carbocycles. The molecule has 1 atom stereocenters. The minimum absolute atomic E-state index is 0.304. The Kier molecular flexibility index (Phi) is 5.72. The fourth-order valence-electron chi connectivity index (χ4n) is 3.65. The van der Waals surface area contributed by atoms with E-state index in [1.807, 2.05) is 24.2 Å². The summed E-state index contributed by atoms with van der Waals surface area (Å²) in [6, 6.07) is 6.85. The maximum absolute atomic E-state index is 5.62. The SMILES string of the molecule is CSc1ccc2c(c1)CCN(Cc1cnc(NCC3CCCO3)nc1)C2. The minimum Gasteiger partial charge on any atom is -0.376 e. The summed E-state index contributed by atoms with van der Waals surface area (Å²) in [6.07, 6.45) is 9.72. The number of hydrogen-bond acceptors (Lipinski definition) is 6. The average molecular weight is 371 g/mol. The van der Waals surface area contributed by atoms with Gasteiger partial charge in [-0.2, -0.15) is 0 Å². The molecule has 1 unspecified atom stereocenters. The van der Waals surface area contributed by atoms with Crippen molar-refractivity contribution in [2.45, 2.75) is 43.4 Å². The Morgan fingerprint density at radius 2 is 2.15 bits per heavy atom. The number of ether oxygens (including phenoxy) is 1. The highest BCUT2D eigenvalue weighted by Crippen LogP contribution is 2.25. The second-order valence-corrected chi connectivity index (χ2v) is 7.91. The Balaban J connectivity index is 1.31. The first-order chi connectivity index (χ1) is 12.8. The van der Waals surface area contributed by atoms with Crippen LogP contribution in [0.3, 0.4) is 0 Å². The largest absolute Gasteiger partial charge is 0.376 e. The number of nitrogens with zero attached hydrogens (tertiary/aromatic N) is 3. The molecule has 3 heterocycles. The number of thioether (sulfide) groups is 1. The third-order valence-corrected chi connectivity index (χ3v) is 5.85. The molecule has 1 fully saturated rings. The van der Waals surface area contributed by atoms with Crippen molar-refractivity contribution in [2.75, 3.05) is 31.3 Å². The Morgan fingerprint density at radius 3 is 2.92 bits per heavy atom. The lowest BCUT2D eigenvalue weighted by Gasteiger charge is -2.29. The monoisotopic (exact) mass is 370 g/mol. The van der Waals surface area contributed by atoms with Crippen LogP contribution >= 0.6 is 11.8 Å². The van der Waals surface area contributed by atoms with Crippen LogP contribution in [0, 0.1) is 0 Å². The van der Waals surface area contributed by atoms with Crippen LogP contribution < -0.4 is 5.32 Å². The summed E-state index contributed by atoms with van der Waals surface area (Å²) < 4.78 is 5.62. The van der Waals surface area contributed by atoms with Crippen molar-refractivity contribution >= 4 is 17.7 Å². The van der Waals surface area contributed by atoms with Crippen molar-refractivity contribution < 1.29 is 4.74 Å². The van der Waals surface area contributed by atoms with Crippen LogP contribution in [0.1, 0.15) is 29.5 Å². The second-order valence-electron chi connectivity index (χ2n) is 7.03. The molecule has 0 amide bonds. The number of anilines is 1. The lowest BCUT2D eigenvalue weighted by atomic mass is 9.99. The van der Waals surface area contributed by atoms with E-state index in [9.17, 15) is 0 Å². The number of nitrogens with one attached hydrogen (secondary N) is 1. The zero-order valence-corrected chi connectivity index (χ0v) is 16.1. The number of aromatic nitrogens is 2. The fraction of sp³-hybridized carbons (Fsp3) is 0.500. The zero-order valence-electron chi connectivity index (χ0n) is 15.3. The Labute approximate surface area is 159 Å². The standard InChI is InChI=1S/C20H26N4OS/c1-26-19-5-4-17-14-24(7-6-16(17)9-19)13-15-10-21-20(22-11-15)23-12-18-3-2-8-25-18/h4-5,9-11,18H,2-3,6-8,12-14H2,1H3,(H,21,22,23). The van der Waals surface area contributed by atoms with Crippen molar-refractivity contribution in [1.29, 1.82) is 0 Å². The quantitative estimate of drug-likeness (QED) is 0.787. The van der Waals surface area contributed by atoms with Crippen LogP contribution in [0.25, 0.3) is 0 Å².